The molecule has 4 heteroatoms. The van der Waals surface area contributed by atoms with Gasteiger partial charge in [0.1, 0.15) is 0 Å². The summed E-state index contributed by atoms with van der Waals surface area (Å²) in [6, 6.07) is 0.128. The SMILES string of the molecule is CCOC(=O)N1CCC[C@H](N)C1. The molecule has 0 radical (unpaired) electrons. The second-order valence-electron chi connectivity index (χ2n) is 3.05. The zero-order chi connectivity index (χ0) is 8.97. The van der Waals surface area contributed by atoms with Crippen LogP contribution < -0.4 is 5.73 Å². The van der Waals surface area contributed by atoms with Crippen LogP contribution in [-0.4, -0.2) is 36.7 Å². The molecule has 0 bridgehead atoms. The van der Waals surface area contributed by atoms with E-state index in [1.807, 2.05) is 6.92 Å². The molecule has 1 saturated heterocycles. The van der Waals surface area contributed by atoms with Crippen LogP contribution in [0.5, 0.6) is 0 Å². The molecule has 0 aromatic rings. The Morgan fingerprint density at radius 1 is 1.75 bits per heavy atom. The van der Waals surface area contributed by atoms with Gasteiger partial charge in [0.25, 0.3) is 0 Å². The molecule has 0 unspecified atom stereocenters. The highest BCUT2D eigenvalue weighted by Crippen LogP contribution is 2.08. The number of rotatable bonds is 1. The predicted molar refractivity (Wildman–Crippen MR) is 45.8 cm³/mol. The van der Waals surface area contributed by atoms with Crippen LogP contribution in [-0.2, 0) is 4.74 Å². The molecule has 1 heterocycles. The highest BCUT2D eigenvalue weighted by atomic mass is 16.6. The standard InChI is InChI=1S/C8H16N2O2/c1-2-12-8(11)10-5-3-4-7(9)6-10/h7H,2-6,9H2,1H3/t7-/m0/s1. The van der Waals surface area contributed by atoms with E-state index in [1.165, 1.54) is 0 Å². The van der Waals surface area contributed by atoms with Gasteiger partial charge in [0.05, 0.1) is 6.61 Å². The third-order valence-corrected chi connectivity index (χ3v) is 1.98. The summed E-state index contributed by atoms with van der Waals surface area (Å²) in [5.74, 6) is 0. The Balaban J connectivity index is 2.35. The molecular formula is C8H16N2O2. The molecule has 0 aromatic heterocycles. The summed E-state index contributed by atoms with van der Waals surface area (Å²) in [4.78, 5) is 12.9. The van der Waals surface area contributed by atoms with Crippen molar-refractivity contribution in [3.8, 4) is 0 Å². The molecule has 0 saturated carbocycles. The number of carbonyl (C=O) groups excluding carboxylic acids is 1. The highest BCUT2D eigenvalue weighted by molar-refractivity contribution is 5.67. The summed E-state index contributed by atoms with van der Waals surface area (Å²) in [5, 5.41) is 0. The van der Waals surface area contributed by atoms with Crippen LogP contribution in [0.15, 0.2) is 0 Å². The van der Waals surface area contributed by atoms with Gasteiger partial charge in [0, 0.05) is 19.1 Å². The minimum absolute atomic E-state index is 0.128. The Morgan fingerprint density at radius 2 is 2.50 bits per heavy atom. The van der Waals surface area contributed by atoms with E-state index in [-0.39, 0.29) is 12.1 Å². The van der Waals surface area contributed by atoms with E-state index in [2.05, 4.69) is 0 Å². The first-order valence-electron chi connectivity index (χ1n) is 4.41. The quantitative estimate of drug-likeness (QED) is 0.629. The molecule has 12 heavy (non-hydrogen) atoms. The van der Waals surface area contributed by atoms with Crippen LogP contribution >= 0.6 is 0 Å². The van der Waals surface area contributed by atoms with E-state index in [0.717, 1.165) is 19.4 Å². The average molecular weight is 172 g/mol. The molecule has 1 amide bonds. The Bertz CT molecular complexity index is 161. The average Bonchev–Trinajstić information content (AvgIpc) is 2.05. The van der Waals surface area contributed by atoms with Crippen LogP contribution in [0.2, 0.25) is 0 Å². The van der Waals surface area contributed by atoms with Crippen molar-refractivity contribution in [2.75, 3.05) is 19.7 Å². The van der Waals surface area contributed by atoms with E-state index in [1.54, 1.807) is 4.90 Å². The lowest BCUT2D eigenvalue weighted by atomic mass is 10.1. The first kappa shape index (κ1) is 9.32. The zero-order valence-corrected chi connectivity index (χ0v) is 7.45. The number of nitrogens with two attached hydrogens (primary N) is 1. The van der Waals surface area contributed by atoms with E-state index >= 15 is 0 Å². The monoisotopic (exact) mass is 172 g/mol. The molecule has 0 aromatic carbocycles. The van der Waals surface area contributed by atoms with Crippen molar-refractivity contribution in [1.29, 1.82) is 0 Å². The van der Waals surface area contributed by atoms with Gasteiger partial charge in [0.15, 0.2) is 0 Å². The molecule has 0 aliphatic carbocycles. The summed E-state index contributed by atoms with van der Waals surface area (Å²) in [7, 11) is 0. The van der Waals surface area contributed by atoms with Crippen molar-refractivity contribution >= 4 is 6.09 Å². The first-order chi connectivity index (χ1) is 5.74. The first-order valence-corrected chi connectivity index (χ1v) is 4.41. The smallest absolute Gasteiger partial charge is 0.409 e. The van der Waals surface area contributed by atoms with E-state index in [0.29, 0.717) is 13.2 Å². The highest BCUT2D eigenvalue weighted by Gasteiger charge is 2.21. The number of hydrogen-bond acceptors (Lipinski definition) is 3. The Kier molecular flexibility index (Phi) is 3.34. The molecule has 1 rings (SSSR count). The lowest BCUT2D eigenvalue weighted by Crippen LogP contribution is -2.45. The van der Waals surface area contributed by atoms with Crippen molar-refractivity contribution in [1.82, 2.24) is 4.90 Å². The summed E-state index contributed by atoms with van der Waals surface area (Å²) in [6.07, 6.45) is 1.77. The van der Waals surface area contributed by atoms with Gasteiger partial charge in [-0.15, -0.1) is 0 Å². The second-order valence-corrected chi connectivity index (χ2v) is 3.05. The maximum Gasteiger partial charge on any atom is 0.409 e. The van der Waals surface area contributed by atoms with Crippen LogP contribution in [0.1, 0.15) is 19.8 Å². The summed E-state index contributed by atoms with van der Waals surface area (Å²) in [5.41, 5.74) is 5.71. The van der Waals surface area contributed by atoms with Crippen LogP contribution in [0.4, 0.5) is 4.79 Å². The fraction of sp³-hybridized carbons (Fsp3) is 0.875. The van der Waals surface area contributed by atoms with Crippen molar-refractivity contribution < 1.29 is 9.53 Å². The minimum Gasteiger partial charge on any atom is -0.450 e. The molecule has 70 valence electrons. The molecule has 2 N–H and O–H groups in total. The molecular weight excluding hydrogens is 156 g/mol. The number of carbonyl (C=O) groups is 1. The van der Waals surface area contributed by atoms with Gasteiger partial charge in [-0.1, -0.05) is 0 Å². The third-order valence-electron chi connectivity index (χ3n) is 1.98. The van der Waals surface area contributed by atoms with Gasteiger partial charge in [-0.3, -0.25) is 0 Å². The van der Waals surface area contributed by atoms with Crippen molar-refractivity contribution in [2.45, 2.75) is 25.8 Å². The maximum atomic E-state index is 11.2. The summed E-state index contributed by atoms with van der Waals surface area (Å²) in [6.45, 7) is 3.66. The lowest BCUT2D eigenvalue weighted by molar-refractivity contribution is 0.0962. The van der Waals surface area contributed by atoms with Crippen molar-refractivity contribution in [2.24, 2.45) is 5.73 Å². The Hall–Kier alpha value is -0.770. The number of piperidine rings is 1. The topological polar surface area (TPSA) is 55.6 Å². The normalized spacial score (nSPS) is 23.8. The maximum absolute atomic E-state index is 11.2. The fourth-order valence-electron chi connectivity index (χ4n) is 1.39. The molecule has 4 nitrogen and oxygen atoms in total. The van der Waals surface area contributed by atoms with Gasteiger partial charge in [-0.25, -0.2) is 4.79 Å². The number of amides is 1. The molecule has 1 fully saturated rings. The Labute approximate surface area is 72.7 Å². The van der Waals surface area contributed by atoms with E-state index in [9.17, 15) is 4.79 Å². The number of ether oxygens (including phenoxy) is 1. The molecule has 1 aliphatic heterocycles. The van der Waals surface area contributed by atoms with Gasteiger partial charge in [-0.2, -0.15) is 0 Å². The summed E-state index contributed by atoms with van der Waals surface area (Å²) >= 11 is 0. The van der Waals surface area contributed by atoms with Crippen molar-refractivity contribution in [3.63, 3.8) is 0 Å². The van der Waals surface area contributed by atoms with Gasteiger partial charge in [-0.05, 0) is 19.8 Å². The van der Waals surface area contributed by atoms with E-state index in [4.69, 9.17) is 10.5 Å². The predicted octanol–water partition coefficient (Wildman–Crippen LogP) is 0.566. The third kappa shape index (κ3) is 2.37. The van der Waals surface area contributed by atoms with Crippen molar-refractivity contribution in [3.05, 3.63) is 0 Å². The molecule has 0 spiro atoms. The van der Waals surface area contributed by atoms with Gasteiger partial charge in [0.2, 0.25) is 0 Å². The lowest BCUT2D eigenvalue weighted by Gasteiger charge is -2.29. The van der Waals surface area contributed by atoms with Gasteiger partial charge < -0.3 is 15.4 Å². The largest absolute Gasteiger partial charge is 0.450 e. The van der Waals surface area contributed by atoms with Gasteiger partial charge >= 0.3 is 6.09 Å². The Morgan fingerprint density at radius 3 is 3.08 bits per heavy atom. The molecule has 1 atom stereocenters. The second kappa shape index (κ2) is 4.30. The fourth-order valence-corrected chi connectivity index (χ4v) is 1.39. The van der Waals surface area contributed by atoms with Crippen LogP contribution in [0.25, 0.3) is 0 Å². The summed E-state index contributed by atoms with van der Waals surface area (Å²) < 4.78 is 4.86. The number of likely N-dealkylation sites (tertiary alicyclic amines) is 1. The number of nitrogens with zero attached hydrogens (tertiary/aromatic N) is 1. The zero-order valence-electron chi connectivity index (χ0n) is 7.45. The molecule has 1 aliphatic rings. The van der Waals surface area contributed by atoms with Crippen LogP contribution in [0.3, 0.4) is 0 Å². The minimum atomic E-state index is -0.229. The number of hydrogen-bond donors (Lipinski definition) is 1. The van der Waals surface area contributed by atoms with E-state index < -0.39 is 0 Å². The van der Waals surface area contributed by atoms with Crippen LogP contribution in [0, 0.1) is 0 Å².